The Bertz CT molecular complexity index is 239. The Balaban J connectivity index is 4.44. The molecule has 0 aliphatic rings. The summed E-state index contributed by atoms with van der Waals surface area (Å²) < 4.78 is 38.3. The van der Waals surface area contributed by atoms with E-state index in [1.807, 2.05) is 0 Å². The van der Waals surface area contributed by atoms with Gasteiger partial charge in [0.1, 0.15) is 0 Å². The molecule has 0 rings (SSSR count). The number of hydrogen-bond acceptors (Lipinski definition) is 3. The highest BCUT2D eigenvalue weighted by molar-refractivity contribution is 5.28. The van der Waals surface area contributed by atoms with Crippen LogP contribution in [0.5, 0.6) is 0 Å². The van der Waals surface area contributed by atoms with Gasteiger partial charge in [-0.25, -0.2) is 4.99 Å². The number of halogens is 3. The van der Waals surface area contributed by atoms with Crippen molar-refractivity contribution in [1.29, 1.82) is 0 Å². The van der Waals surface area contributed by atoms with Gasteiger partial charge >= 0.3 is 6.36 Å². The first-order valence-electron chi connectivity index (χ1n) is 3.21. The normalized spacial score (nSPS) is 14.2. The second-order valence-corrected chi connectivity index (χ2v) is 2.12. The summed E-state index contributed by atoms with van der Waals surface area (Å²) in [5, 5.41) is 0. The summed E-state index contributed by atoms with van der Waals surface area (Å²) in [5.74, 6) is -0.641. The molecule has 0 aromatic carbocycles. The minimum Gasteiger partial charge on any atom is -0.402 e. The van der Waals surface area contributed by atoms with Crippen LogP contribution >= 0.6 is 0 Å². The van der Waals surface area contributed by atoms with Crippen LogP contribution in [0.3, 0.4) is 0 Å². The first kappa shape index (κ1) is 11.5. The summed E-state index contributed by atoms with van der Waals surface area (Å²) >= 11 is 0. The van der Waals surface area contributed by atoms with Gasteiger partial charge in [-0.1, -0.05) is 0 Å². The van der Waals surface area contributed by atoms with Crippen molar-refractivity contribution in [1.82, 2.24) is 0 Å². The molecule has 13 heavy (non-hydrogen) atoms. The van der Waals surface area contributed by atoms with Gasteiger partial charge < -0.3 is 10.5 Å². The van der Waals surface area contributed by atoms with E-state index in [0.29, 0.717) is 5.70 Å². The zero-order valence-corrected chi connectivity index (χ0v) is 6.93. The molecule has 0 spiro atoms. The predicted octanol–water partition coefficient (Wildman–Crippen LogP) is 1.93. The summed E-state index contributed by atoms with van der Waals surface area (Å²) in [5.41, 5.74) is 5.52. The van der Waals surface area contributed by atoms with E-state index in [-0.39, 0.29) is 0 Å². The standard InChI is InChI=1S/C7H9F3N2O/c1-5(11)3-4-6(12-2)13-7(8,9)10/h3-4H,2,11H2,1H3/b5-3+,6-4+. The topological polar surface area (TPSA) is 47.6 Å². The Kier molecular flexibility index (Phi) is 4.03. The fourth-order valence-corrected chi connectivity index (χ4v) is 0.440. The van der Waals surface area contributed by atoms with Crippen LogP contribution in [0, 0.1) is 0 Å². The second-order valence-electron chi connectivity index (χ2n) is 2.12. The van der Waals surface area contributed by atoms with E-state index < -0.39 is 12.2 Å². The lowest BCUT2D eigenvalue weighted by Crippen LogP contribution is -2.11. The fourth-order valence-electron chi connectivity index (χ4n) is 0.440. The number of nitrogens with zero attached hydrogens (tertiary/aromatic N) is 1. The molecule has 0 heterocycles. The van der Waals surface area contributed by atoms with E-state index in [4.69, 9.17) is 5.73 Å². The Hall–Kier alpha value is -1.46. The molecule has 0 aromatic rings. The van der Waals surface area contributed by atoms with Gasteiger partial charge in [-0.15, -0.1) is 13.2 Å². The zero-order chi connectivity index (χ0) is 10.5. The number of allylic oxidation sites excluding steroid dienone is 3. The first-order chi connectivity index (χ1) is 5.85. The van der Waals surface area contributed by atoms with Crippen molar-refractivity contribution >= 4 is 6.72 Å². The van der Waals surface area contributed by atoms with Gasteiger partial charge in [0, 0.05) is 11.8 Å². The zero-order valence-electron chi connectivity index (χ0n) is 6.93. The van der Waals surface area contributed by atoms with Gasteiger partial charge in [0.2, 0.25) is 5.88 Å². The van der Waals surface area contributed by atoms with Crippen molar-refractivity contribution in [3.05, 3.63) is 23.7 Å². The molecule has 0 saturated carbocycles. The number of alkyl halides is 3. The molecule has 2 N–H and O–H groups in total. The highest BCUT2D eigenvalue weighted by Crippen LogP contribution is 2.20. The number of ether oxygens (including phenoxy) is 1. The van der Waals surface area contributed by atoms with Crippen LogP contribution in [0.1, 0.15) is 6.92 Å². The maximum Gasteiger partial charge on any atom is 0.574 e. The molecule has 6 heteroatoms. The molecular weight excluding hydrogens is 185 g/mol. The number of aliphatic imine (C=N–C) groups is 1. The van der Waals surface area contributed by atoms with Crippen LogP contribution in [-0.2, 0) is 4.74 Å². The van der Waals surface area contributed by atoms with Crippen molar-refractivity contribution in [2.24, 2.45) is 10.7 Å². The van der Waals surface area contributed by atoms with Crippen molar-refractivity contribution in [2.45, 2.75) is 13.3 Å². The largest absolute Gasteiger partial charge is 0.574 e. The summed E-state index contributed by atoms with van der Waals surface area (Å²) in [6.07, 6.45) is -2.55. The van der Waals surface area contributed by atoms with Gasteiger partial charge in [-0.2, -0.15) is 0 Å². The van der Waals surface area contributed by atoms with Crippen molar-refractivity contribution in [3.8, 4) is 0 Å². The molecular formula is C7H9F3N2O. The van der Waals surface area contributed by atoms with Crippen LogP contribution < -0.4 is 5.73 Å². The molecule has 0 saturated heterocycles. The summed E-state index contributed by atoms with van der Waals surface area (Å²) in [6, 6.07) is 0. The van der Waals surface area contributed by atoms with Gasteiger partial charge in [0.15, 0.2) is 0 Å². The van der Waals surface area contributed by atoms with Crippen molar-refractivity contribution in [2.75, 3.05) is 0 Å². The molecule has 0 aromatic heterocycles. The van der Waals surface area contributed by atoms with Crippen LogP contribution in [0.2, 0.25) is 0 Å². The molecule has 0 radical (unpaired) electrons. The smallest absolute Gasteiger partial charge is 0.402 e. The molecule has 0 aliphatic carbocycles. The molecule has 0 amide bonds. The lowest BCUT2D eigenvalue weighted by atomic mass is 10.4. The first-order valence-corrected chi connectivity index (χ1v) is 3.21. The average molecular weight is 194 g/mol. The van der Waals surface area contributed by atoms with E-state index >= 15 is 0 Å². The van der Waals surface area contributed by atoms with Crippen molar-refractivity contribution < 1.29 is 17.9 Å². The van der Waals surface area contributed by atoms with Gasteiger partial charge in [0.25, 0.3) is 0 Å². The highest BCUT2D eigenvalue weighted by atomic mass is 19.4. The third kappa shape index (κ3) is 6.92. The van der Waals surface area contributed by atoms with Crippen molar-refractivity contribution in [3.63, 3.8) is 0 Å². The average Bonchev–Trinajstić information content (AvgIpc) is 1.95. The summed E-state index contributed by atoms with van der Waals surface area (Å²) in [6.45, 7) is 4.43. The van der Waals surface area contributed by atoms with E-state index in [1.54, 1.807) is 0 Å². The Morgan fingerprint density at radius 1 is 1.46 bits per heavy atom. The molecule has 3 nitrogen and oxygen atoms in total. The summed E-state index contributed by atoms with van der Waals surface area (Å²) in [4.78, 5) is 3.01. The summed E-state index contributed by atoms with van der Waals surface area (Å²) in [7, 11) is 0. The maximum atomic E-state index is 11.6. The molecule has 0 bridgehead atoms. The van der Waals surface area contributed by atoms with Crippen LogP contribution in [0.15, 0.2) is 28.7 Å². The third-order valence-electron chi connectivity index (χ3n) is 0.865. The quantitative estimate of drug-likeness (QED) is 0.424. The SMILES string of the molecule is C=N/C(=C\C=C(/C)N)OC(F)(F)F. The predicted molar refractivity (Wildman–Crippen MR) is 42.7 cm³/mol. The lowest BCUT2D eigenvalue weighted by Gasteiger charge is -2.07. The number of nitrogens with two attached hydrogens (primary N) is 1. The van der Waals surface area contributed by atoms with E-state index in [2.05, 4.69) is 16.4 Å². The number of rotatable bonds is 3. The lowest BCUT2D eigenvalue weighted by molar-refractivity contribution is -0.305. The van der Waals surface area contributed by atoms with Crippen LogP contribution in [0.4, 0.5) is 13.2 Å². The number of hydrogen-bond donors (Lipinski definition) is 1. The Morgan fingerprint density at radius 3 is 2.31 bits per heavy atom. The Labute approximate surface area is 73.4 Å². The van der Waals surface area contributed by atoms with Gasteiger partial charge in [-0.05, 0) is 19.7 Å². The van der Waals surface area contributed by atoms with Gasteiger partial charge in [-0.3, -0.25) is 0 Å². The minimum absolute atomic E-state index is 0.340. The molecule has 0 aliphatic heterocycles. The minimum atomic E-state index is -4.76. The van der Waals surface area contributed by atoms with E-state index in [0.717, 1.165) is 6.08 Å². The monoisotopic (exact) mass is 194 g/mol. The molecule has 0 unspecified atom stereocenters. The van der Waals surface area contributed by atoms with E-state index in [1.165, 1.54) is 13.0 Å². The molecule has 74 valence electrons. The Morgan fingerprint density at radius 2 is 2.00 bits per heavy atom. The maximum absolute atomic E-state index is 11.6. The third-order valence-corrected chi connectivity index (χ3v) is 0.865. The van der Waals surface area contributed by atoms with Crippen LogP contribution in [-0.4, -0.2) is 13.1 Å². The second kappa shape index (κ2) is 4.54. The molecule has 0 atom stereocenters. The fraction of sp³-hybridized carbons (Fsp3) is 0.286. The van der Waals surface area contributed by atoms with E-state index in [9.17, 15) is 13.2 Å². The highest BCUT2D eigenvalue weighted by Gasteiger charge is 2.31. The van der Waals surface area contributed by atoms with Crippen LogP contribution in [0.25, 0.3) is 0 Å². The molecule has 0 fully saturated rings. The van der Waals surface area contributed by atoms with Gasteiger partial charge in [0.05, 0.1) is 0 Å².